The van der Waals surface area contributed by atoms with Gasteiger partial charge in [0.2, 0.25) is 0 Å². The Hall–Kier alpha value is -1.95. The highest BCUT2D eigenvalue weighted by atomic mass is 32.1. The van der Waals surface area contributed by atoms with Crippen LogP contribution < -0.4 is 10.1 Å². The zero-order valence-electron chi connectivity index (χ0n) is 13.9. The topological polar surface area (TPSA) is 38.3 Å². The van der Waals surface area contributed by atoms with Crippen LogP contribution in [0.25, 0.3) is 0 Å². The first-order valence-electron chi connectivity index (χ1n) is 7.68. The SMILES string of the molecule is CC(CC(C)(C)c1ccccc1)NC(=O)c1sccc1OC(F)F. The second-order valence-corrected chi connectivity index (χ2v) is 7.24. The number of hydrogen-bond donors (Lipinski definition) is 1. The Morgan fingerprint density at radius 2 is 1.92 bits per heavy atom. The number of hydrogen-bond acceptors (Lipinski definition) is 3. The van der Waals surface area contributed by atoms with E-state index in [2.05, 4.69) is 36.0 Å². The molecule has 3 nitrogen and oxygen atoms in total. The molecule has 0 aliphatic carbocycles. The predicted octanol–water partition coefficient (Wildman–Crippen LogP) is 4.84. The Morgan fingerprint density at radius 3 is 2.54 bits per heavy atom. The second kappa shape index (κ2) is 7.75. The summed E-state index contributed by atoms with van der Waals surface area (Å²) in [6.45, 7) is 3.19. The Morgan fingerprint density at radius 1 is 1.25 bits per heavy atom. The molecule has 2 rings (SSSR count). The van der Waals surface area contributed by atoms with E-state index in [1.807, 2.05) is 25.1 Å². The van der Waals surface area contributed by atoms with Crippen LogP contribution in [0, 0.1) is 0 Å². The van der Waals surface area contributed by atoms with Crippen molar-refractivity contribution < 1.29 is 18.3 Å². The molecule has 1 unspecified atom stereocenters. The Labute approximate surface area is 144 Å². The summed E-state index contributed by atoms with van der Waals surface area (Å²) in [5, 5.41) is 4.43. The third-order valence-electron chi connectivity index (χ3n) is 3.80. The van der Waals surface area contributed by atoms with Gasteiger partial charge in [-0.1, -0.05) is 44.2 Å². The molecule has 0 spiro atoms. The van der Waals surface area contributed by atoms with E-state index in [1.165, 1.54) is 11.6 Å². The zero-order chi connectivity index (χ0) is 17.7. The summed E-state index contributed by atoms with van der Waals surface area (Å²) in [5.41, 5.74) is 1.06. The monoisotopic (exact) mass is 353 g/mol. The van der Waals surface area contributed by atoms with Gasteiger partial charge in [-0.3, -0.25) is 4.79 Å². The summed E-state index contributed by atoms with van der Waals surface area (Å²) in [6.07, 6.45) is 0.721. The van der Waals surface area contributed by atoms with E-state index >= 15 is 0 Å². The number of alkyl halides is 2. The summed E-state index contributed by atoms with van der Waals surface area (Å²) >= 11 is 1.09. The molecular formula is C18H21F2NO2S. The minimum Gasteiger partial charge on any atom is -0.433 e. The number of thiophene rings is 1. The van der Waals surface area contributed by atoms with Crippen molar-refractivity contribution in [3.63, 3.8) is 0 Å². The van der Waals surface area contributed by atoms with Crippen LogP contribution in [0.5, 0.6) is 5.75 Å². The van der Waals surface area contributed by atoms with Crippen LogP contribution in [0.2, 0.25) is 0 Å². The molecule has 6 heteroatoms. The first-order chi connectivity index (χ1) is 11.3. The van der Waals surface area contributed by atoms with Gasteiger partial charge in [0.1, 0.15) is 10.6 Å². The molecule has 0 radical (unpaired) electrons. The van der Waals surface area contributed by atoms with E-state index in [0.717, 1.165) is 17.8 Å². The van der Waals surface area contributed by atoms with Crippen LogP contribution in [0.4, 0.5) is 8.78 Å². The highest BCUT2D eigenvalue weighted by Gasteiger charge is 2.25. The molecule has 130 valence electrons. The number of carbonyl (C=O) groups is 1. The summed E-state index contributed by atoms with van der Waals surface area (Å²) < 4.78 is 29.1. The highest BCUT2D eigenvalue weighted by molar-refractivity contribution is 7.12. The van der Waals surface area contributed by atoms with Gasteiger partial charge in [0.15, 0.2) is 0 Å². The number of rotatable bonds is 7. The van der Waals surface area contributed by atoms with Gasteiger partial charge in [-0.15, -0.1) is 11.3 Å². The van der Waals surface area contributed by atoms with E-state index in [-0.39, 0.29) is 22.1 Å². The second-order valence-electron chi connectivity index (χ2n) is 6.32. The maximum absolute atomic E-state index is 12.4. The molecule has 0 saturated carbocycles. The fourth-order valence-electron chi connectivity index (χ4n) is 2.76. The minimum absolute atomic E-state index is 0.0815. The van der Waals surface area contributed by atoms with Gasteiger partial charge in [0.05, 0.1) is 0 Å². The van der Waals surface area contributed by atoms with Crippen molar-refractivity contribution in [2.75, 3.05) is 0 Å². The van der Waals surface area contributed by atoms with Gasteiger partial charge < -0.3 is 10.1 Å². The van der Waals surface area contributed by atoms with Crippen LogP contribution in [0.1, 0.15) is 42.4 Å². The lowest BCUT2D eigenvalue weighted by molar-refractivity contribution is -0.0498. The van der Waals surface area contributed by atoms with Crippen molar-refractivity contribution in [3.8, 4) is 5.75 Å². The predicted molar refractivity (Wildman–Crippen MR) is 92.0 cm³/mol. The molecular weight excluding hydrogens is 332 g/mol. The van der Waals surface area contributed by atoms with Crippen molar-refractivity contribution >= 4 is 17.2 Å². The Kier molecular flexibility index (Phi) is 5.94. The normalized spacial score (nSPS) is 12.9. The summed E-state index contributed by atoms with van der Waals surface area (Å²) in [7, 11) is 0. The first kappa shape index (κ1) is 18.4. The third-order valence-corrected chi connectivity index (χ3v) is 4.70. The molecule has 1 aromatic carbocycles. The molecule has 1 N–H and O–H groups in total. The molecule has 2 aromatic rings. The first-order valence-corrected chi connectivity index (χ1v) is 8.56. The molecule has 0 bridgehead atoms. The molecule has 1 aromatic heterocycles. The van der Waals surface area contributed by atoms with Gasteiger partial charge in [-0.05, 0) is 35.8 Å². The summed E-state index contributed by atoms with van der Waals surface area (Å²) in [4.78, 5) is 12.5. The number of halogens is 2. The summed E-state index contributed by atoms with van der Waals surface area (Å²) in [6, 6.07) is 11.3. The van der Waals surface area contributed by atoms with Crippen molar-refractivity contribution in [3.05, 3.63) is 52.2 Å². The van der Waals surface area contributed by atoms with Gasteiger partial charge in [0, 0.05) is 6.04 Å². The molecule has 1 heterocycles. The van der Waals surface area contributed by atoms with Crippen molar-refractivity contribution in [2.45, 2.75) is 45.3 Å². The van der Waals surface area contributed by atoms with Crippen LogP contribution in [-0.2, 0) is 5.41 Å². The molecule has 0 fully saturated rings. The molecule has 1 atom stereocenters. The van der Waals surface area contributed by atoms with E-state index in [1.54, 1.807) is 5.38 Å². The van der Waals surface area contributed by atoms with E-state index < -0.39 is 12.5 Å². The maximum Gasteiger partial charge on any atom is 0.387 e. The van der Waals surface area contributed by atoms with Crippen LogP contribution in [0.3, 0.4) is 0 Å². The smallest absolute Gasteiger partial charge is 0.387 e. The lowest BCUT2D eigenvalue weighted by Gasteiger charge is -2.29. The molecule has 0 saturated heterocycles. The molecule has 0 aliphatic heterocycles. The fraction of sp³-hybridized carbons (Fsp3) is 0.389. The lowest BCUT2D eigenvalue weighted by Crippen LogP contribution is -2.37. The molecule has 1 amide bonds. The van der Waals surface area contributed by atoms with Crippen molar-refractivity contribution in [2.24, 2.45) is 0 Å². The van der Waals surface area contributed by atoms with Gasteiger partial charge >= 0.3 is 6.61 Å². The van der Waals surface area contributed by atoms with E-state index in [0.29, 0.717) is 0 Å². The van der Waals surface area contributed by atoms with Gasteiger partial charge in [-0.2, -0.15) is 8.78 Å². The zero-order valence-corrected chi connectivity index (χ0v) is 14.7. The van der Waals surface area contributed by atoms with Crippen molar-refractivity contribution in [1.29, 1.82) is 0 Å². The van der Waals surface area contributed by atoms with Gasteiger partial charge in [0.25, 0.3) is 5.91 Å². The number of amides is 1. The van der Waals surface area contributed by atoms with E-state index in [4.69, 9.17) is 0 Å². The third kappa shape index (κ3) is 4.77. The molecule has 24 heavy (non-hydrogen) atoms. The van der Waals surface area contributed by atoms with Crippen LogP contribution in [-0.4, -0.2) is 18.6 Å². The van der Waals surface area contributed by atoms with Crippen LogP contribution in [0.15, 0.2) is 41.8 Å². The Balaban J connectivity index is 2.01. The maximum atomic E-state index is 12.4. The number of benzene rings is 1. The Bertz CT molecular complexity index is 671. The van der Waals surface area contributed by atoms with E-state index in [9.17, 15) is 13.6 Å². The number of carbonyl (C=O) groups excluding carboxylic acids is 1. The number of nitrogens with one attached hydrogen (secondary N) is 1. The fourth-order valence-corrected chi connectivity index (χ4v) is 3.49. The average molecular weight is 353 g/mol. The van der Waals surface area contributed by atoms with Gasteiger partial charge in [-0.25, -0.2) is 0 Å². The molecule has 0 aliphatic rings. The highest BCUT2D eigenvalue weighted by Crippen LogP contribution is 2.29. The standard InChI is InChI=1S/C18H21F2NO2S/c1-12(11-18(2,3)13-7-5-4-6-8-13)21-16(22)15-14(9-10-24-15)23-17(19)20/h4-10,12,17H,11H2,1-3H3,(H,21,22). The average Bonchev–Trinajstić information content (AvgIpc) is 2.95. The van der Waals surface area contributed by atoms with Crippen molar-refractivity contribution in [1.82, 2.24) is 5.32 Å². The minimum atomic E-state index is -2.94. The van der Waals surface area contributed by atoms with Crippen LogP contribution >= 0.6 is 11.3 Å². The number of ether oxygens (including phenoxy) is 1. The quantitative estimate of drug-likeness (QED) is 0.774. The largest absolute Gasteiger partial charge is 0.433 e. The lowest BCUT2D eigenvalue weighted by atomic mass is 9.79. The summed E-state index contributed by atoms with van der Waals surface area (Å²) in [5.74, 6) is -0.473.